The minimum Gasteiger partial charge on any atom is -0.496 e. The molecule has 0 aliphatic carbocycles. The second kappa shape index (κ2) is 8.31. The number of hydrogen-bond acceptors (Lipinski definition) is 4. The first kappa shape index (κ1) is 17.0. The summed E-state index contributed by atoms with van der Waals surface area (Å²) in [6.45, 7) is 2.11. The normalized spacial score (nSPS) is 15.5. The predicted octanol–water partition coefficient (Wildman–Crippen LogP) is 3.51. The van der Waals surface area contributed by atoms with Crippen molar-refractivity contribution in [1.29, 1.82) is 0 Å². The van der Waals surface area contributed by atoms with Gasteiger partial charge in [0.1, 0.15) is 5.75 Å². The van der Waals surface area contributed by atoms with Gasteiger partial charge in [0, 0.05) is 23.5 Å². The van der Waals surface area contributed by atoms with Crippen molar-refractivity contribution in [2.45, 2.75) is 32.0 Å². The molecule has 0 saturated carbocycles. The molecule has 1 saturated heterocycles. The number of amides is 1. The average molecular weight is 345 g/mol. The maximum atomic E-state index is 12.3. The van der Waals surface area contributed by atoms with Crippen LogP contribution in [0.4, 0.5) is 0 Å². The summed E-state index contributed by atoms with van der Waals surface area (Å²) in [5.74, 6) is 1.08. The van der Waals surface area contributed by atoms with Crippen LogP contribution in [0.15, 0.2) is 41.8 Å². The van der Waals surface area contributed by atoms with Crippen LogP contribution < -0.4 is 4.74 Å². The lowest BCUT2D eigenvalue weighted by atomic mass is 10.1. The summed E-state index contributed by atoms with van der Waals surface area (Å²) in [7, 11) is 1.68. The Labute approximate surface area is 147 Å². The first-order valence-corrected chi connectivity index (χ1v) is 9.18. The highest BCUT2D eigenvalue weighted by Gasteiger charge is 2.23. The zero-order chi connectivity index (χ0) is 16.8. The average Bonchev–Trinajstić information content (AvgIpc) is 3.13. The summed E-state index contributed by atoms with van der Waals surface area (Å²) in [4.78, 5) is 15.4. The van der Waals surface area contributed by atoms with Crippen LogP contribution in [0.1, 0.15) is 23.3 Å². The Kier molecular flexibility index (Phi) is 5.88. The summed E-state index contributed by atoms with van der Waals surface area (Å²) in [6, 6.07) is 11.9. The molecule has 1 aliphatic heterocycles. The van der Waals surface area contributed by atoms with Gasteiger partial charge < -0.3 is 14.4 Å². The van der Waals surface area contributed by atoms with E-state index >= 15 is 0 Å². The topological polar surface area (TPSA) is 38.8 Å². The van der Waals surface area contributed by atoms with E-state index in [-0.39, 0.29) is 12.0 Å². The number of methoxy groups -OCH3 is 1. The van der Waals surface area contributed by atoms with Crippen LogP contribution in [0.5, 0.6) is 5.75 Å². The third-order valence-corrected chi connectivity index (χ3v) is 5.24. The molecule has 0 atom stereocenters. The van der Waals surface area contributed by atoms with E-state index in [1.54, 1.807) is 18.4 Å². The Morgan fingerprint density at radius 3 is 2.71 bits per heavy atom. The van der Waals surface area contributed by atoms with E-state index in [1.165, 1.54) is 0 Å². The molecule has 24 heavy (non-hydrogen) atoms. The van der Waals surface area contributed by atoms with Gasteiger partial charge in [0.25, 0.3) is 0 Å². The number of ether oxygens (including phenoxy) is 2. The number of carbonyl (C=O) groups excluding carboxylic acids is 1. The molecule has 0 radical (unpaired) electrons. The second-order valence-electron chi connectivity index (χ2n) is 5.96. The number of benzene rings is 1. The molecule has 1 aromatic carbocycles. The number of para-hydroxylation sites is 1. The number of rotatable bonds is 6. The van der Waals surface area contributed by atoms with Crippen molar-refractivity contribution >= 4 is 17.2 Å². The molecule has 1 fully saturated rings. The summed E-state index contributed by atoms with van der Waals surface area (Å²) in [5, 5.41) is 2.01. The zero-order valence-electron chi connectivity index (χ0n) is 13.9. The molecule has 1 amide bonds. The number of thiophene rings is 1. The molecule has 3 rings (SSSR count). The highest BCUT2D eigenvalue weighted by molar-refractivity contribution is 7.10. The predicted molar refractivity (Wildman–Crippen MR) is 95.4 cm³/mol. The lowest BCUT2D eigenvalue weighted by Gasteiger charge is -2.32. The summed E-state index contributed by atoms with van der Waals surface area (Å²) >= 11 is 1.64. The molecular formula is C19H23NO3S. The molecule has 1 aromatic heterocycles. The van der Waals surface area contributed by atoms with Crippen molar-refractivity contribution in [3.05, 3.63) is 52.2 Å². The van der Waals surface area contributed by atoms with Crippen molar-refractivity contribution in [3.63, 3.8) is 0 Å². The van der Waals surface area contributed by atoms with Crippen molar-refractivity contribution in [2.24, 2.45) is 0 Å². The van der Waals surface area contributed by atoms with E-state index in [0.717, 1.165) is 42.1 Å². The largest absolute Gasteiger partial charge is 0.496 e. The third-order valence-electron chi connectivity index (χ3n) is 4.37. The molecule has 128 valence electrons. The van der Waals surface area contributed by atoms with Crippen LogP contribution in [0.25, 0.3) is 0 Å². The molecule has 1 aliphatic rings. The van der Waals surface area contributed by atoms with Gasteiger partial charge in [-0.15, -0.1) is 11.3 Å². The summed E-state index contributed by atoms with van der Waals surface area (Å²) < 4.78 is 11.4. The minimum atomic E-state index is 0.209. The summed E-state index contributed by atoms with van der Waals surface area (Å²) in [5.41, 5.74) is 1.07. The Bertz CT molecular complexity index is 648. The van der Waals surface area contributed by atoms with Crippen LogP contribution in [0, 0.1) is 0 Å². The fourth-order valence-electron chi connectivity index (χ4n) is 2.98. The minimum absolute atomic E-state index is 0.209. The number of piperidine rings is 1. The summed E-state index contributed by atoms with van der Waals surface area (Å²) in [6.07, 6.45) is 2.52. The second-order valence-corrected chi connectivity index (χ2v) is 6.99. The van der Waals surface area contributed by atoms with Gasteiger partial charge in [-0.25, -0.2) is 0 Å². The van der Waals surface area contributed by atoms with E-state index in [1.807, 2.05) is 46.7 Å². The van der Waals surface area contributed by atoms with Crippen LogP contribution in [-0.2, 0) is 22.6 Å². The van der Waals surface area contributed by atoms with Gasteiger partial charge in [0.15, 0.2) is 0 Å². The monoisotopic (exact) mass is 345 g/mol. The van der Waals surface area contributed by atoms with E-state index < -0.39 is 0 Å². The number of nitrogens with zero attached hydrogens (tertiary/aromatic N) is 1. The maximum absolute atomic E-state index is 12.3. The van der Waals surface area contributed by atoms with Crippen molar-refractivity contribution in [3.8, 4) is 5.75 Å². The molecule has 2 aromatic rings. The van der Waals surface area contributed by atoms with Crippen LogP contribution in [-0.4, -0.2) is 37.1 Å². The molecule has 0 N–H and O–H groups in total. The molecule has 5 heteroatoms. The van der Waals surface area contributed by atoms with Crippen LogP contribution in [0.2, 0.25) is 0 Å². The molecule has 0 unspecified atom stereocenters. The lowest BCUT2D eigenvalue weighted by Crippen LogP contribution is -2.41. The molecule has 4 nitrogen and oxygen atoms in total. The molecule has 2 heterocycles. The third kappa shape index (κ3) is 4.36. The standard InChI is InChI=1S/C19H23NO3S/c1-22-18-7-3-2-5-15(18)14-23-16-8-10-20(11-9-16)19(21)13-17-6-4-12-24-17/h2-7,12,16H,8-11,13-14H2,1H3. The number of likely N-dealkylation sites (tertiary alicyclic amines) is 1. The Hall–Kier alpha value is -1.85. The number of carbonyl (C=O) groups is 1. The fourth-order valence-corrected chi connectivity index (χ4v) is 3.67. The first-order valence-electron chi connectivity index (χ1n) is 8.30. The van der Waals surface area contributed by atoms with Gasteiger partial charge in [-0.05, 0) is 30.4 Å². The highest BCUT2D eigenvalue weighted by atomic mass is 32.1. The van der Waals surface area contributed by atoms with Crippen LogP contribution in [0.3, 0.4) is 0 Å². The smallest absolute Gasteiger partial charge is 0.227 e. The Morgan fingerprint density at radius 1 is 1.21 bits per heavy atom. The van der Waals surface area contributed by atoms with Crippen molar-refractivity contribution in [1.82, 2.24) is 4.90 Å². The quantitative estimate of drug-likeness (QED) is 0.804. The lowest BCUT2D eigenvalue weighted by molar-refractivity contribution is -0.133. The number of hydrogen-bond donors (Lipinski definition) is 0. The van der Waals surface area contributed by atoms with E-state index in [2.05, 4.69) is 0 Å². The van der Waals surface area contributed by atoms with Gasteiger partial charge in [-0.3, -0.25) is 4.79 Å². The van der Waals surface area contributed by atoms with Gasteiger partial charge in [0.2, 0.25) is 5.91 Å². The molecule has 0 bridgehead atoms. The van der Waals surface area contributed by atoms with E-state index in [4.69, 9.17) is 9.47 Å². The first-order chi connectivity index (χ1) is 11.8. The Balaban J connectivity index is 1.44. The molecular weight excluding hydrogens is 322 g/mol. The van der Waals surface area contributed by atoms with Crippen molar-refractivity contribution < 1.29 is 14.3 Å². The molecule has 0 spiro atoms. The van der Waals surface area contributed by atoms with Crippen molar-refractivity contribution in [2.75, 3.05) is 20.2 Å². The van der Waals surface area contributed by atoms with Gasteiger partial charge >= 0.3 is 0 Å². The Morgan fingerprint density at radius 2 is 2.00 bits per heavy atom. The SMILES string of the molecule is COc1ccccc1COC1CCN(C(=O)Cc2cccs2)CC1. The van der Waals surface area contributed by atoms with Gasteiger partial charge in [-0.1, -0.05) is 24.3 Å². The van der Waals surface area contributed by atoms with Gasteiger partial charge in [0.05, 0.1) is 26.2 Å². The van der Waals surface area contributed by atoms with Crippen LogP contribution >= 0.6 is 11.3 Å². The fraction of sp³-hybridized carbons (Fsp3) is 0.421. The highest BCUT2D eigenvalue weighted by Crippen LogP contribution is 2.22. The maximum Gasteiger partial charge on any atom is 0.227 e. The van der Waals surface area contributed by atoms with E-state index in [9.17, 15) is 4.79 Å². The van der Waals surface area contributed by atoms with Gasteiger partial charge in [-0.2, -0.15) is 0 Å². The van der Waals surface area contributed by atoms with E-state index in [0.29, 0.717) is 13.0 Å². The zero-order valence-corrected chi connectivity index (χ0v) is 14.8.